The Labute approximate surface area is 184 Å². The number of thioether (sulfide) groups is 1. The van der Waals surface area contributed by atoms with Gasteiger partial charge in [0.2, 0.25) is 11.8 Å². The van der Waals surface area contributed by atoms with Gasteiger partial charge >= 0.3 is 0 Å². The van der Waals surface area contributed by atoms with E-state index in [0.717, 1.165) is 15.7 Å². The molecule has 0 saturated heterocycles. The number of thiazole rings is 1. The molecule has 0 aliphatic heterocycles. The van der Waals surface area contributed by atoms with Crippen LogP contribution in [0.3, 0.4) is 0 Å². The van der Waals surface area contributed by atoms with Crippen molar-refractivity contribution in [1.29, 1.82) is 0 Å². The van der Waals surface area contributed by atoms with Crippen LogP contribution in [0.25, 0.3) is 0 Å². The molecule has 30 heavy (non-hydrogen) atoms. The van der Waals surface area contributed by atoms with Crippen molar-refractivity contribution in [2.45, 2.75) is 23.7 Å². The Bertz CT molecular complexity index is 975. The van der Waals surface area contributed by atoms with Crippen molar-refractivity contribution in [2.24, 2.45) is 0 Å². The Hall–Kier alpha value is -2.84. The van der Waals surface area contributed by atoms with Gasteiger partial charge in [0.15, 0.2) is 4.34 Å². The van der Waals surface area contributed by atoms with E-state index in [1.54, 1.807) is 31.4 Å². The first kappa shape index (κ1) is 21.9. The molecule has 0 radical (unpaired) electrons. The summed E-state index contributed by atoms with van der Waals surface area (Å²) in [7, 11) is 1.60. The summed E-state index contributed by atoms with van der Waals surface area (Å²) >= 11 is 2.79. The number of aromatic nitrogens is 1. The van der Waals surface area contributed by atoms with E-state index >= 15 is 0 Å². The standard InChI is InChI=1S/C22H23N3O3S2/c1-15(16-6-4-3-5-7-16)23-20(26)12-18-13-29-22(25-18)30-14-21(27)24-17-8-10-19(28-2)11-9-17/h3-11,13,15H,12,14H2,1-2H3,(H,23,26)(H,24,27)/t15-/m1/s1. The van der Waals surface area contributed by atoms with Gasteiger partial charge in [-0.2, -0.15) is 0 Å². The van der Waals surface area contributed by atoms with E-state index in [4.69, 9.17) is 4.74 Å². The van der Waals surface area contributed by atoms with Crippen LogP contribution >= 0.6 is 23.1 Å². The average Bonchev–Trinajstić information content (AvgIpc) is 3.20. The number of ether oxygens (including phenoxy) is 1. The Morgan fingerprint density at radius 2 is 1.83 bits per heavy atom. The van der Waals surface area contributed by atoms with Crippen LogP contribution in [0, 0.1) is 0 Å². The fraction of sp³-hybridized carbons (Fsp3) is 0.227. The summed E-state index contributed by atoms with van der Waals surface area (Å²) in [6.07, 6.45) is 0.215. The molecule has 3 aromatic rings. The molecule has 1 heterocycles. The number of nitrogens with zero attached hydrogens (tertiary/aromatic N) is 1. The summed E-state index contributed by atoms with van der Waals surface area (Å²) in [4.78, 5) is 28.9. The molecular weight excluding hydrogens is 418 g/mol. The summed E-state index contributed by atoms with van der Waals surface area (Å²) in [6, 6.07) is 16.9. The molecule has 0 spiro atoms. The van der Waals surface area contributed by atoms with E-state index in [9.17, 15) is 9.59 Å². The number of hydrogen-bond donors (Lipinski definition) is 2. The predicted octanol–water partition coefficient (Wildman–Crippen LogP) is 4.30. The molecule has 2 aromatic carbocycles. The lowest BCUT2D eigenvalue weighted by Crippen LogP contribution is -2.28. The van der Waals surface area contributed by atoms with Crippen LogP contribution in [0.2, 0.25) is 0 Å². The van der Waals surface area contributed by atoms with Gasteiger partial charge in [0.1, 0.15) is 5.75 Å². The van der Waals surface area contributed by atoms with Gasteiger partial charge in [-0.25, -0.2) is 4.98 Å². The molecule has 0 aliphatic rings. The van der Waals surface area contributed by atoms with Gasteiger partial charge in [-0.15, -0.1) is 11.3 Å². The fourth-order valence-electron chi connectivity index (χ4n) is 2.72. The second kappa shape index (κ2) is 10.8. The first-order valence-electron chi connectivity index (χ1n) is 9.39. The topological polar surface area (TPSA) is 80.3 Å². The third-order valence-electron chi connectivity index (χ3n) is 4.25. The van der Waals surface area contributed by atoms with Gasteiger partial charge in [-0.05, 0) is 36.8 Å². The van der Waals surface area contributed by atoms with Crippen molar-refractivity contribution in [3.8, 4) is 5.75 Å². The number of amides is 2. The Morgan fingerprint density at radius 1 is 1.10 bits per heavy atom. The van der Waals surface area contributed by atoms with E-state index in [2.05, 4.69) is 15.6 Å². The zero-order chi connectivity index (χ0) is 21.3. The average molecular weight is 442 g/mol. The lowest BCUT2D eigenvalue weighted by molar-refractivity contribution is -0.121. The van der Waals surface area contributed by atoms with Gasteiger partial charge < -0.3 is 15.4 Å². The highest BCUT2D eigenvalue weighted by molar-refractivity contribution is 8.01. The van der Waals surface area contributed by atoms with Crippen molar-refractivity contribution in [1.82, 2.24) is 10.3 Å². The van der Waals surface area contributed by atoms with Crippen molar-refractivity contribution in [3.63, 3.8) is 0 Å². The predicted molar refractivity (Wildman–Crippen MR) is 121 cm³/mol. The highest BCUT2D eigenvalue weighted by atomic mass is 32.2. The lowest BCUT2D eigenvalue weighted by atomic mass is 10.1. The number of nitrogens with one attached hydrogen (secondary N) is 2. The molecule has 0 bridgehead atoms. The van der Waals surface area contributed by atoms with E-state index in [0.29, 0.717) is 11.4 Å². The molecule has 2 N–H and O–H groups in total. The second-order valence-electron chi connectivity index (χ2n) is 6.55. The fourth-order valence-corrected chi connectivity index (χ4v) is 4.36. The maximum absolute atomic E-state index is 12.3. The van der Waals surface area contributed by atoms with Crippen molar-refractivity contribution < 1.29 is 14.3 Å². The lowest BCUT2D eigenvalue weighted by Gasteiger charge is -2.13. The summed E-state index contributed by atoms with van der Waals surface area (Å²) < 4.78 is 5.86. The summed E-state index contributed by atoms with van der Waals surface area (Å²) in [5, 5.41) is 7.68. The maximum Gasteiger partial charge on any atom is 0.234 e. The largest absolute Gasteiger partial charge is 0.497 e. The van der Waals surface area contributed by atoms with Gasteiger partial charge in [0.05, 0.1) is 31.0 Å². The van der Waals surface area contributed by atoms with Crippen molar-refractivity contribution >= 4 is 40.6 Å². The van der Waals surface area contributed by atoms with Crippen LogP contribution in [0.1, 0.15) is 24.2 Å². The summed E-state index contributed by atoms with van der Waals surface area (Å²) in [6.45, 7) is 1.96. The van der Waals surface area contributed by atoms with Crippen LogP contribution in [0.15, 0.2) is 64.3 Å². The molecule has 1 atom stereocenters. The first-order valence-corrected chi connectivity index (χ1v) is 11.3. The zero-order valence-corrected chi connectivity index (χ0v) is 18.4. The number of carbonyl (C=O) groups excluding carboxylic acids is 2. The summed E-state index contributed by atoms with van der Waals surface area (Å²) in [5.41, 5.74) is 2.48. The zero-order valence-electron chi connectivity index (χ0n) is 16.8. The highest BCUT2D eigenvalue weighted by Gasteiger charge is 2.13. The first-order chi connectivity index (χ1) is 14.5. The van der Waals surface area contributed by atoms with Gasteiger partial charge in [-0.3, -0.25) is 9.59 Å². The quantitative estimate of drug-likeness (QED) is 0.484. The third-order valence-corrected chi connectivity index (χ3v) is 6.32. The van der Waals surface area contributed by atoms with Gasteiger partial charge in [-0.1, -0.05) is 42.1 Å². The minimum Gasteiger partial charge on any atom is -0.497 e. The molecule has 0 fully saturated rings. The van der Waals surface area contributed by atoms with Crippen LogP contribution in [-0.4, -0.2) is 29.7 Å². The monoisotopic (exact) mass is 441 g/mol. The van der Waals surface area contributed by atoms with E-state index in [1.807, 2.05) is 42.6 Å². The summed E-state index contributed by atoms with van der Waals surface area (Å²) in [5.74, 6) is 0.789. The smallest absolute Gasteiger partial charge is 0.234 e. The molecule has 0 aliphatic carbocycles. The molecular formula is C22H23N3O3S2. The Morgan fingerprint density at radius 3 is 2.53 bits per heavy atom. The molecule has 1 aromatic heterocycles. The number of benzene rings is 2. The number of rotatable bonds is 9. The molecule has 156 valence electrons. The van der Waals surface area contributed by atoms with E-state index < -0.39 is 0 Å². The normalized spacial score (nSPS) is 11.5. The van der Waals surface area contributed by atoms with Crippen LogP contribution < -0.4 is 15.4 Å². The number of carbonyl (C=O) groups is 2. The maximum atomic E-state index is 12.3. The number of methoxy groups -OCH3 is 1. The molecule has 3 rings (SSSR count). The highest BCUT2D eigenvalue weighted by Crippen LogP contribution is 2.23. The molecule has 2 amide bonds. The molecule has 0 saturated carbocycles. The van der Waals surface area contributed by atoms with Crippen LogP contribution in [-0.2, 0) is 16.0 Å². The van der Waals surface area contributed by atoms with Crippen molar-refractivity contribution in [2.75, 3.05) is 18.2 Å². The molecule has 6 nitrogen and oxygen atoms in total. The number of hydrogen-bond acceptors (Lipinski definition) is 6. The van der Waals surface area contributed by atoms with Gasteiger partial charge in [0.25, 0.3) is 0 Å². The SMILES string of the molecule is COc1ccc(NC(=O)CSc2nc(CC(=O)N[C@H](C)c3ccccc3)cs2)cc1. The van der Waals surface area contributed by atoms with E-state index in [-0.39, 0.29) is 30.0 Å². The second-order valence-corrected chi connectivity index (χ2v) is 8.63. The molecule has 8 heteroatoms. The third kappa shape index (κ3) is 6.60. The van der Waals surface area contributed by atoms with Crippen LogP contribution in [0.4, 0.5) is 5.69 Å². The Balaban J connectivity index is 1.44. The number of anilines is 1. The minimum atomic E-state index is -0.114. The van der Waals surface area contributed by atoms with Crippen molar-refractivity contribution in [3.05, 3.63) is 71.2 Å². The minimum absolute atomic E-state index is 0.0622. The van der Waals surface area contributed by atoms with Gasteiger partial charge in [0, 0.05) is 11.1 Å². The Kier molecular flexibility index (Phi) is 7.87. The molecule has 0 unspecified atom stereocenters. The van der Waals surface area contributed by atoms with Crippen LogP contribution in [0.5, 0.6) is 5.75 Å². The van der Waals surface area contributed by atoms with E-state index in [1.165, 1.54) is 23.1 Å².